The molecule has 132 valence electrons. The lowest BCUT2D eigenvalue weighted by Crippen LogP contribution is -2.46. The molecule has 1 unspecified atom stereocenters. The zero-order chi connectivity index (χ0) is 15.4. The quantitative estimate of drug-likeness (QED) is 0.638. The van der Waals surface area contributed by atoms with Gasteiger partial charge in [-0.3, -0.25) is 15.0 Å². The van der Waals surface area contributed by atoms with Gasteiger partial charge in [-0.15, -0.1) is 24.8 Å². The third-order valence-electron chi connectivity index (χ3n) is 4.23. The van der Waals surface area contributed by atoms with Crippen LogP contribution in [0.5, 0.6) is 0 Å². The Hall–Kier alpha value is -0.950. The fraction of sp³-hybridized carbons (Fsp3) is 0.600. The van der Waals surface area contributed by atoms with Crippen LogP contribution in [-0.4, -0.2) is 36.0 Å². The number of benzene rings is 1. The van der Waals surface area contributed by atoms with Crippen LogP contribution < -0.4 is 5.32 Å². The molecule has 2 rings (SSSR count). The molecule has 1 saturated heterocycles. The molecule has 23 heavy (non-hydrogen) atoms. The summed E-state index contributed by atoms with van der Waals surface area (Å²) in [5.41, 5.74) is 0.511. The number of nitro groups is 1. The predicted octanol–water partition coefficient (Wildman–Crippen LogP) is 3.57. The maximum absolute atomic E-state index is 13.7. The summed E-state index contributed by atoms with van der Waals surface area (Å²) in [4.78, 5) is 13.1. The molecule has 1 aliphatic rings. The van der Waals surface area contributed by atoms with E-state index in [1.807, 2.05) is 0 Å². The van der Waals surface area contributed by atoms with Crippen molar-refractivity contribution in [2.24, 2.45) is 5.92 Å². The second-order valence-corrected chi connectivity index (χ2v) is 5.58. The molecule has 1 aromatic rings. The van der Waals surface area contributed by atoms with Gasteiger partial charge in [0.15, 0.2) is 0 Å². The minimum atomic E-state index is -0.418. The lowest BCUT2D eigenvalue weighted by atomic mass is 9.89. The van der Waals surface area contributed by atoms with Crippen LogP contribution in [0.3, 0.4) is 0 Å². The average molecular weight is 368 g/mol. The Morgan fingerprint density at radius 3 is 2.48 bits per heavy atom. The monoisotopic (exact) mass is 367 g/mol. The molecule has 0 aromatic heterocycles. The summed E-state index contributed by atoms with van der Waals surface area (Å²) in [5.74, 6) is -0.192. The fourth-order valence-corrected chi connectivity index (χ4v) is 2.98. The van der Waals surface area contributed by atoms with Gasteiger partial charge in [-0.1, -0.05) is 20.3 Å². The molecule has 0 spiro atoms. The Balaban J connectivity index is 0.00000242. The van der Waals surface area contributed by atoms with Crippen molar-refractivity contribution in [3.8, 4) is 0 Å². The minimum Gasteiger partial charge on any atom is -0.314 e. The number of rotatable bonds is 5. The molecule has 1 aromatic carbocycles. The normalized spacial score (nSPS) is 17.5. The molecule has 0 aliphatic carbocycles. The van der Waals surface area contributed by atoms with E-state index in [0.717, 1.165) is 38.7 Å². The molecule has 5 nitrogen and oxygen atoms in total. The van der Waals surface area contributed by atoms with Crippen molar-refractivity contribution in [3.63, 3.8) is 0 Å². The van der Waals surface area contributed by atoms with Crippen molar-refractivity contribution in [1.82, 2.24) is 10.2 Å². The number of nitrogens with one attached hydrogen (secondary N) is 1. The summed E-state index contributed by atoms with van der Waals surface area (Å²) < 4.78 is 13.7. The Labute approximate surface area is 148 Å². The molecule has 2 atom stereocenters. The number of piperazine rings is 1. The number of hydrogen-bond acceptors (Lipinski definition) is 4. The van der Waals surface area contributed by atoms with E-state index in [0.29, 0.717) is 5.56 Å². The van der Waals surface area contributed by atoms with Gasteiger partial charge in [0.1, 0.15) is 5.82 Å². The summed E-state index contributed by atoms with van der Waals surface area (Å²) in [5, 5.41) is 14.6. The number of halogens is 3. The van der Waals surface area contributed by atoms with E-state index in [1.54, 1.807) is 0 Å². The maximum Gasteiger partial charge on any atom is 0.274 e. The van der Waals surface area contributed by atoms with Crippen LogP contribution >= 0.6 is 24.8 Å². The van der Waals surface area contributed by atoms with E-state index in [9.17, 15) is 14.5 Å². The first-order valence-electron chi connectivity index (χ1n) is 7.43. The lowest BCUT2D eigenvalue weighted by molar-refractivity contribution is -0.386. The van der Waals surface area contributed by atoms with E-state index in [1.165, 1.54) is 12.1 Å². The summed E-state index contributed by atoms with van der Waals surface area (Å²) in [6, 6.07) is 3.65. The summed E-state index contributed by atoms with van der Waals surface area (Å²) in [6.07, 6.45) is 0.891. The molecule has 1 N–H and O–H groups in total. The molecule has 0 radical (unpaired) electrons. The van der Waals surface area contributed by atoms with Gasteiger partial charge in [0.25, 0.3) is 5.69 Å². The van der Waals surface area contributed by atoms with Gasteiger partial charge in [-0.2, -0.15) is 0 Å². The average Bonchev–Trinajstić information content (AvgIpc) is 2.48. The van der Waals surface area contributed by atoms with Gasteiger partial charge < -0.3 is 5.32 Å². The molecule has 1 heterocycles. The number of nitro benzene ring substituents is 1. The van der Waals surface area contributed by atoms with Crippen LogP contribution in [0.1, 0.15) is 31.9 Å². The predicted molar refractivity (Wildman–Crippen MR) is 94.2 cm³/mol. The van der Waals surface area contributed by atoms with Crippen molar-refractivity contribution >= 4 is 30.5 Å². The van der Waals surface area contributed by atoms with Gasteiger partial charge in [-0.25, -0.2) is 4.39 Å². The van der Waals surface area contributed by atoms with E-state index >= 15 is 0 Å². The summed E-state index contributed by atoms with van der Waals surface area (Å²) in [6.45, 7) is 7.49. The molecular formula is C15H24Cl2FN3O2. The number of nitrogens with zero attached hydrogens (tertiary/aromatic N) is 2. The Kier molecular flexibility index (Phi) is 9.61. The topological polar surface area (TPSA) is 58.4 Å². The highest BCUT2D eigenvalue weighted by molar-refractivity contribution is 5.85. The highest BCUT2D eigenvalue weighted by atomic mass is 35.5. The van der Waals surface area contributed by atoms with Gasteiger partial charge in [0.05, 0.1) is 10.5 Å². The minimum absolute atomic E-state index is 0. The standard InChI is InChI=1S/C15H22FN3O2.2ClH/c1-3-11(2)15(18-8-6-17-7-9-18)13-10-12(16)4-5-14(13)19(20)21;;/h4-5,10-11,15,17H,3,6-9H2,1-2H3;2*1H/t11?,15-;;/m1../s1. The molecule has 1 aliphatic heterocycles. The van der Waals surface area contributed by atoms with Gasteiger partial charge >= 0.3 is 0 Å². The van der Waals surface area contributed by atoms with Gasteiger partial charge in [0, 0.05) is 38.3 Å². The highest BCUT2D eigenvalue weighted by Gasteiger charge is 2.32. The SMILES string of the molecule is CCC(C)[C@H](c1cc(F)ccc1[N+](=O)[O-])N1CCNCC1.Cl.Cl. The molecule has 0 bridgehead atoms. The van der Waals surface area contributed by atoms with E-state index in [4.69, 9.17) is 0 Å². The van der Waals surface area contributed by atoms with Crippen LogP contribution in [0.4, 0.5) is 10.1 Å². The zero-order valence-corrected chi connectivity index (χ0v) is 15.0. The third-order valence-corrected chi connectivity index (χ3v) is 4.23. The molecule has 1 fully saturated rings. The van der Waals surface area contributed by atoms with Crippen molar-refractivity contribution in [2.75, 3.05) is 26.2 Å². The van der Waals surface area contributed by atoms with Crippen LogP contribution in [-0.2, 0) is 0 Å². The lowest BCUT2D eigenvalue weighted by Gasteiger charge is -2.38. The summed E-state index contributed by atoms with van der Waals surface area (Å²) >= 11 is 0. The molecule has 0 saturated carbocycles. The first-order valence-corrected chi connectivity index (χ1v) is 7.43. The maximum atomic E-state index is 13.7. The highest BCUT2D eigenvalue weighted by Crippen LogP contribution is 2.36. The Bertz CT molecular complexity index is 513. The molecular weight excluding hydrogens is 344 g/mol. The van der Waals surface area contributed by atoms with Gasteiger partial charge in [-0.05, 0) is 18.1 Å². The number of hydrogen-bond donors (Lipinski definition) is 1. The van der Waals surface area contributed by atoms with E-state index in [-0.39, 0.29) is 42.5 Å². The van der Waals surface area contributed by atoms with Crippen molar-refractivity contribution < 1.29 is 9.31 Å². The zero-order valence-electron chi connectivity index (χ0n) is 13.3. The molecule has 0 amide bonds. The van der Waals surface area contributed by atoms with Crippen LogP contribution in [0.25, 0.3) is 0 Å². The largest absolute Gasteiger partial charge is 0.314 e. The van der Waals surface area contributed by atoms with Crippen LogP contribution in [0.2, 0.25) is 0 Å². The smallest absolute Gasteiger partial charge is 0.274 e. The Morgan fingerprint density at radius 1 is 1.35 bits per heavy atom. The first-order chi connectivity index (χ1) is 10.0. The van der Waals surface area contributed by atoms with Crippen molar-refractivity contribution in [1.29, 1.82) is 0 Å². The van der Waals surface area contributed by atoms with Crippen molar-refractivity contribution in [3.05, 3.63) is 39.7 Å². The van der Waals surface area contributed by atoms with Crippen molar-refractivity contribution in [2.45, 2.75) is 26.3 Å². The van der Waals surface area contributed by atoms with Crippen LogP contribution in [0, 0.1) is 21.8 Å². The van der Waals surface area contributed by atoms with E-state index in [2.05, 4.69) is 24.1 Å². The Morgan fingerprint density at radius 2 is 1.96 bits per heavy atom. The van der Waals surface area contributed by atoms with E-state index < -0.39 is 10.7 Å². The second kappa shape index (κ2) is 10.0. The third kappa shape index (κ3) is 5.28. The molecule has 8 heteroatoms. The first kappa shape index (κ1) is 22.1. The second-order valence-electron chi connectivity index (χ2n) is 5.58. The van der Waals surface area contributed by atoms with Crippen LogP contribution in [0.15, 0.2) is 18.2 Å². The summed E-state index contributed by atoms with van der Waals surface area (Å²) in [7, 11) is 0. The van der Waals surface area contributed by atoms with Gasteiger partial charge in [0.2, 0.25) is 0 Å². The fourth-order valence-electron chi connectivity index (χ4n) is 2.98.